The minimum atomic E-state index is 0.388. The zero-order valence-electron chi connectivity index (χ0n) is 11.9. The van der Waals surface area contributed by atoms with E-state index in [9.17, 15) is 0 Å². The van der Waals surface area contributed by atoms with Crippen LogP contribution in [0.4, 0.5) is 0 Å². The highest BCUT2D eigenvalue weighted by Gasteiger charge is 2.44. The number of nitrogens with zero attached hydrogens (tertiary/aromatic N) is 1. The summed E-state index contributed by atoms with van der Waals surface area (Å²) in [6, 6.07) is 0.883. The van der Waals surface area contributed by atoms with Crippen molar-refractivity contribution < 1.29 is 0 Å². The molecule has 2 heteroatoms. The first-order valence-corrected chi connectivity index (χ1v) is 8.33. The van der Waals surface area contributed by atoms with Gasteiger partial charge in [0.05, 0.1) is 0 Å². The summed E-state index contributed by atoms with van der Waals surface area (Å²) in [6.07, 6.45) is 15.8. The number of likely N-dealkylation sites (tertiary alicyclic amines) is 1. The minimum absolute atomic E-state index is 0.388. The molecule has 3 aliphatic rings. The molecule has 0 bridgehead atoms. The van der Waals surface area contributed by atoms with Crippen LogP contribution in [-0.4, -0.2) is 29.6 Å². The maximum absolute atomic E-state index is 6.25. The monoisotopic (exact) mass is 250 g/mol. The lowest BCUT2D eigenvalue weighted by Crippen LogP contribution is -2.62. The number of fused-ring (bicyclic) bond motifs is 1. The van der Waals surface area contributed by atoms with Gasteiger partial charge >= 0.3 is 0 Å². The van der Waals surface area contributed by atoms with E-state index in [1.807, 2.05) is 0 Å². The zero-order valence-corrected chi connectivity index (χ0v) is 11.9. The van der Waals surface area contributed by atoms with Gasteiger partial charge in [-0.2, -0.15) is 0 Å². The Morgan fingerprint density at radius 3 is 2.39 bits per heavy atom. The topological polar surface area (TPSA) is 29.3 Å². The number of nitrogens with two attached hydrogens (primary N) is 1. The van der Waals surface area contributed by atoms with E-state index in [0.717, 1.165) is 18.5 Å². The van der Waals surface area contributed by atoms with Crippen LogP contribution in [0.25, 0.3) is 0 Å². The summed E-state index contributed by atoms with van der Waals surface area (Å²) in [7, 11) is 0. The highest BCUT2D eigenvalue weighted by atomic mass is 15.2. The van der Waals surface area contributed by atoms with Gasteiger partial charge in [0.25, 0.3) is 0 Å². The molecule has 3 fully saturated rings. The van der Waals surface area contributed by atoms with Crippen molar-refractivity contribution in [3.8, 4) is 0 Å². The molecular formula is C16H30N2. The first-order chi connectivity index (χ1) is 8.86. The van der Waals surface area contributed by atoms with E-state index in [2.05, 4.69) is 4.90 Å². The molecule has 2 atom stereocenters. The number of hydrogen-bond acceptors (Lipinski definition) is 2. The molecule has 2 unspecified atom stereocenters. The van der Waals surface area contributed by atoms with Crippen LogP contribution in [0.5, 0.6) is 0 Å². The average molecular weight is 250 g/mol. The van der Waals surface area contributed by atoms with E-state index in [1.165, 1.54) is 77.2 Å². The molecule has 0 radical (unpaired) electrons. The Bertz CT molecular complexity index is 268. The highest BCUT2D eigenvalue weighted by Crippen LogP contribution is 2.43. The average Bonchev–Trinajstić information content (AvgIpc) is 2.47. The SMILES string of the molecule is NCC1(N2CCCC3CCCCC32)CCCCC1. The summed E-state index contributed by atoms with van der Waals surface area (Å²) >= 11 is 0. The molecule has 2 nitrogen and oxygen atoms in total. The van der Waals surface area contributed by atoms with Crippen molar-refractivity contribution in [1.82, 2.24) is 4.90 Å². The smallest absolute Gasteiger partial charge is 0.0334 e. The van der Waals surface area contributed by atoms with Gasteiger partial charge in [0.15, 0.2) is 0 Å². The van der Waals surface area contributed by atoms with E-state index in [4.69, 9.17) is 5.73 Å². The minimum Gasteiger partial charge on any atom is -0.329 e. The fourth-order valence-corrected chi connectivity index (χ4v) is 5.03. The molecule has 18 heavy (non-hydrogen) atoms. The van der Waals surface area contributed by atoms with Gasteiger partial charge < -0.3 is 5.73 Å². The Balaban J connectivity index is 1.79. The molecule has 104 valence electrons. The molecule has 0 spiro atoms. The highest BCUT2D eigenvalue weighted by molar-refractivity contribution is 5.00. The van der Waals surface area contributed by atoms with Crippen LogP contribution in [0.3, 0.4) is 0 Å². The van der Waals surface area contributed by atoms with Gasteiger partial charge in [0, 0.05) is 18.1 Å². The Morgan fingerprint density at radius 1 is 0.889 bits per heavy atom. The molecule has 0 aromatic carbocycles. The third kappa shape index (κ3) is 2.22. The van der Waals surface area contributed by atoms with E-state index >= 15 is 0 Å². The van der Waals surface area contributed by atoms with Crippen molar-refractivity contribution in [3.05, 3.63) is 0 Å². The number of rotatable bonds is 2. The van der Waals surface area contributed by atoms with Crippen LogP contribution in [0.2, 0.25) is 0 Å². The Kier molecular flexibility index (Phi) is 3.95. The first kappa shape index (κ1) is 12.9. The predicted molar refractivity (Wildman–Crippen MR) is 76.6 cm³/mol. The van der Waals surface area contributed by atoms with Crippen molar-refractivity contribution in [2.75, 3.05) is 13.1 Å². The fraction of sp³-hybridized carbons (Fsp3) is 1.00. The van der Waals surface area contributed by atoms with Gasteiger partial charge in [-0.05, 0) is 51.0 Å². The Hall–Kier alpha value is -0.0800. The maximum Gasteiger partial charge on any atom is 0.0334 e. The molecule has 1 heterocycles. The van der Waals surface area contributed by atoms with E-state index < -0.39 is 0 Å². The normalized spacial score (nSPS) is 37.2. The van der Waals surface area contributed by atoms with E-state index in [0.29, 0.717) is 5.54 Å². The molecule has 1 saturated heterocycles. The Labute approximate surface area is 112 Å². The largest absolute Gasteiger partial charge is 0.329 e. The first-order valence-electron chi connectivity index (χ1n) is 8.33. The van der Waals surface area contributed by atoms with Crippen molar-refractivity contribution in [3.63, 3.8) is 0 Å². The van der Waals surface area contributed by atoms with Crippen molar-refractivity contribution in [2.45, 2.75) is 82.2 Å². The van der Waals surface area contributed by atoms with E-state index in [1.54, 1.807) is 0 Å². The summed E-state index contributed by atoms with van der Waals surface area (Å²) in [4.78, 5) is 2.90. The summed E-state index contributed by atoms with van der Waals surface area (Å²) in [5.74, 6) is 0.998. The lowest BCUT2D eigenvalue weighted by Gasteiger charge is -2.55. The molecule has 0 aromatic heterocycles. The quantitative estimate of drug-likeness (QED) is 0.815. The molecule has 0 aromatic rings. The van der Waals surface area contributed by atoms with Gasteiger partial charge in [-0.1, -0.05) is 32.1 Å². The van der Waals surface area contributed by atoms with Crippen molar-refractivity contribution in [1.29, 1.82) is 0 Å². The second-order valence-corrected chi connectivity index (χ2v) is 6.94. The Morgan fingerprint density at radius 2 is 1.61 bits per heavy atom. The molecule has 0 amide bonds. The zero-order chi connectivity index (χ0) is 12.4. The maximum atomic E-state index is 6.25. The van der Waals surface area contributed by atoms with Crippen LogP contribution in [0.1, 0.15) is 70.6 Å². The van der Waals surface area contributed by atoms with Gasteiger partial charge in [-0.3, -0.25) is 4.90 Å². The molecule has 2 aliphatic carbocycles. The molecule has 3 rings (SSSR count). The van der Waals surface area contributed by atoms with Crippen molar-refractivity contribution >= 4 is 0 Å². The van der Waals surface area contributed by atoms with E-state index in [-0.39, 0.29) is 0 Å². The number of hydrogen-bond donors (Lipinski definition) is 1. The number of piperidine rings is 1. The lowest BCUT2D eigenvalue weighted by atomic mass is 9.72. The molecule has 1 aliphatic heterocycles. The van der Waals surface area contributed by atoms with Gasteiger partial charge in [-0.15, -0.1) is 0 Å². The summed E-state index contributed by atoms with van der Waals surface area (Å²) in [5.41, 5.74) is 6.64. The van der Waals surface area contributed by atoms with Crippen LogP contribution >= 0.6 is 0 Å². The second-order valence-electron chi connectivity index (χ2n) is 6.94. The summed E-state index contributed by atoms with van der Waals surface area (Å²) in [5, 5.41) is 0. The second kappa shape index (κ2) is 5.50. The van der Waals surface area contributed by atoms with Crippen LogP contribution < -0.4 is 5.73 Å². The predicted octanol–water partition coefficient (Wildman–Crippen LogP) is 3.30. The van der Waals surface area contributed by atoms with Crippen LogP contribution in [0, 0.1) is 5.92 Å². The van der Waals surface area contributed by atoms with Crippen LogP contribution in [-0.2, 0) is 0 Å². The fourth-order valence-electron chi connectivity index (χ4n) is 5.03. The summed E-state index contributed by atoms with van der Waals surface area (Å²) in [6.45, 7) is 2.23. The van der Waals surface area contributed by atoms with Gasteiger partial charge in [0.2, 0.25) is 0 Å². The lowest BCUT2D eigenvalue weighted by molar-refractivity contribution is -0.0427. The molecule has 2 N–H and O–H groups in total. The molecular weight excluding hydrogens is 220 g/mol. The van der Waals surface area contributed by atoms with Gasteiger partial charge in [0.1, 0.15) is 0 Å². The van der Waals surface area contributed by atoms with Gasteiger partial charge in [-0.25, -0.2) is 0 Å². The molecule has 2 saturated carbocycles. The van der Waals surface area contributed by atoms with Crippen molar-refractivity contribution in [2.24, 2.45) is 11.7 Å². The van der Waals surface area contributed by atoms with Crippen LogP contribution in [0.15, 0.2) is 0 Å². The standard InChI is InChI=1S/C16H30N2/c17-13-16(10-4-1-5-11-16)18-12-6-8-14-7-2-3-9-15(14)18/h14-15H,1-13,17H2. The third-order valence-corrected chi connectivity index (χ3v) is 6.02. The summed E-state index contributed by atoms with van der Waals surface area (Å²) < 4.78 is 0. The third-order valence-electron chi connectivity index (χ3n) is 6.02.